The third-order valence-corrected chi connectivity index (χ3v) is 13.7. The molecule has 0 radical (unpaired) electrons. The molecule has 2 atom stereocenters. The van der Waals surface area contributed by atoms with E-state index in [-0.39, 0.29) is 77.7 Å². The van der Waals surface area contributed by atoms with Crippen LogP contribution in [0.4, 0.5) is 64.1 Å². The molecule has 24 heteroatoms. The van der Waals surface area contributed by atoms with Crippen molar-refractivity contribution >= 4 is 98.6 Å². The van der Waals surface area contributed by atoms with E-state index >= 15 is 0 Å². The first kappa shape index (κ1) is 53.3. The molecule has 2 saturated heterocycles. The first-order valence-corrected chi connectivity index (χ1v) is 21.3. The van der Waals surface area contributed by atoms with Gasteiger partial charge in [-0.2, -0.15) is 52.7 Å². The molecule has 0 saturated carbocycles. The number of carbonyl (C=O) groups is 3. The molecule has 0 aromatic heterocycles. The summed E-state index contributed by atoms with van der Waals surface area (Å²) in [6.45, 7) is 0.178. The van der Waals surface area contributed by atoms with Crippen LogP contribution in [0.3, 0.4) is 0 Å². The summed E-state index contributed by atoms with van der Waals surface area (Å²) in [5.74, 6) is -3.13. The van der Waals surface area contributed by atoms with Crippen molar-refractivity contribution in [2.45, 2.75) is 81.1 Å². The summed E-state index contributed by atoms with van der Waals surface area (Å²) in [5.41, 5.74) is -5.23. The van der Waals surface area contributed by atoms with Crippen LogP contribution in [-0.2, 0) is 50.5 Å². The zero-order valence-electron chi connectivity index (χ0n) is 33.4. The molecule has 0 spiro atoms. The molecular weight excluding hydrogens is 1040 g/mol. The molecule has 2 amide bonds. The number of ketones is 1. The fraction of sp³-hybridized carbons (Fsp3) is 0.357. The number of aryl methyl sites for hydroxylation is 1. The van der Waals surface area contributed by atoms with Crippen LogP contribution in [0.1, 0.15) is 66.0 Å². The molecule has 66 heavy (non-hydrogen) atoms. The molecule has 2 fully saturated rings. The summed E-state index contributed by atoms with van der Waals surface area (Å²) in [6, 6.07) is 9.21. The maximum Gasteiger partial charge on any atom is 0.416 e. The first-order chi connectivity index (χ1) is 30.4. The van der Waals surface area contributed by atoms with E-state index in [1.54, 1.807) is 6.92 Å². The van der Waals surface area contributed by atoms with E-state index < -0.39 is 102 Å². The summed E-state index contributed by atoms with van der Waals surface area (Å²) < 4.78 is 167. The predicted molar refractivity (Wildman–Crippen MR) is 227 cm³/mol. The lowest BCUT2D eigenvalue weighted by molar-refractivity contribution is -0.191. The Bertz CT molecular complexity index is 2510. The van der Waals surface area contributed by atoms with Gasteiger partial charge in [0.05, 0.1) is 41.3 Å². The molecule has 6 nitrogen and oxygen atoms in total. The number of nitrogens with two attached hydrogens (primary N) is 1. The predicted octanol–water partition coefficient (Wildman–Crippen LogP) is 14.2. The third kappa shape index (κ3) is 10.1. The van der Waals surface area contributed by atoms with Crippen molar-refractivity contribution in [3.63, 3.8) is 0 Å². The van der Waals surface area contributed by atoms with Crippen molar-refractivity contribution in [2.24, 2.45) is 5.73 Å². The Hall–Kier alpha value is -3.65. The maximum atomic E-state index is 14.4. The highest BCUT2D eigenvalue weighted by atomic mass is 35.5. The van der Waals surface area contributed by atoms with Crippen molar-refractivity contribution < 1.29 is 67.1 Å². The van der Waals surface area contributed by atoms with Gasteiger partial charge in [-0.1, -0.05) is 88.7 Å². The zero-order chi connectivity index (χ0) is 49.7. The molecule has 6 rings (SSSR count). The Kier molecular flexibility index (Phi) is 15.7. The van der Waals surface area contributed by atoms with Crippen LogP contribution in [0.5, 0.6) is 0 Å². The molecule has 4 aromatic carbocycles. The van der Waals surface area contributed by atoms with Crippen LogP contribution in [0.15, 0.2) is 60.7 Å². The van der Waals surface area contributed by atoms with Crippen molar-refractivity contribution in [3.05, 3.63) is 124 Å². The zero-order valence-corrected chi connectivity index (χ0v) is 38.0. The number of rotatable bonds is 9. The minimum atomic E-state index is -5.10. The van der Waals surface area contributed by atoms with Gasteiger partial charge in [-0.15, -0.1) is 0 Å². The second kappa shape index (κ2) is 19.4. The van der Waals surface area contributed by atoms with Gasteiger partial charge in [-0.3, -0.25) is 14.4 Å². The van der Waals surface area contributed by atoms with Crippen molar-refractivity contribution in [1.82, 2.24) is 0 Å². The summed E-state index contributed by atoms with van der Waals surface area (Å²) >= 11 is 35.2. The SMILES string of the molecule is CCC(=O)CCc1ccc(N2CCC(c3cc(Cl)c(Cl)c(Cl)c3)(C(F)(F)F)C2=O)cc1C(F)(F)F.NCc1ccc(N2CCC(c3cc(Cl)c(Cl)c(Cl)c3)(C(F)(F)F)C2=O)cc1C(F)(F)F. The number of halogens is 18. The van der Waals surface area contributed by atoms with Gasteiger partial charge in [0, 0.05) is 43.9 Å². The Morgan fingerprint density at radius 3 is 1.26 bits per heavy atom. The lowest BCUT2D eigenvalue weighted by Gasteiger charge is -2.31. The lowest BCUT2D eigenvalue weighted by Crippen LogP contribution is -2.49. The molecule has 2 aliphatic heterocycles. The van der Waals surface area contributed by atoms with Gasteiger partial charge < -0.3 is 15.5 Å². The second-order valence-corrected chi connectivity index (χ2v) is 17.4. The largest absolute Gasteiger partial charge is 0.416 e. The molecule has 4 aromatic rings. The molecule has 358 valence electrons. The van der Waals surface area contributed by atoms with Crippen LogP contribution >= 0.6 is 69.6 Å². The number of carbonyl (C=O) groups excluding carboxylic acids is 3. The van der Waals surface area contributed by atoms with Gasteiger partial charge >= 0.3 is 24.7 Å². The van der Waals surface area contributed by atoms with Crippen LogP contribution in [-0.4, -0.2) is 43.0 Å². The highest BCUT2D eigenvalue weighted by Gasteiger charge is 2.67. The van der Waals surface area contributed by atoms with Crippen LogP contribution in [0.25, 0.3) is 0 Å². The van der Waals surface area contributed by atoms with Gasteiger partial charge in [0.25, 0.3) is 0 Å². The minimum Gasteiger partial charge on any atom is -0.326 e. The molecule has 0 bridgehead atoms. The topological polar surface area (TPSA) is 83.7 Å². The fourth-order valence-corrected chi connectivity index (χ4v) is 8.95. The Morgan fingerprint density at radius 2 is 0.939 bits per heavy atom. The van der Waals surface area contributed by atoms with Crippen LogP contribution in [0.2, 0.25) is 30.1 Å². The monoisotopic (exact) mass is 1060 g/mol. The van der Waals surface area contributed by atoms with Crippen LogP contribution < -0.4 is 15.5 Å². The fourth-order valence-electron chi connectivity index (χ4n) is 7.76. The Morgan fingerprint density at radius 1 is 0.591 bits per heavy atom. The lowest BCUT2D eigenvalue weighted by atomic mass is 9.78. The van der Waals surface area contributed by atoms with Crippen molar-refractivity contribution in [1.29, 1.82) is 0 Å². The molecule has 0 aliphatic carbocycles. The highest BCUT2D eigenvalue weighted by Crippen LogP contribution is 2.53. The number of Topliss-reactive ketones (excluding diaryl/α,β-unsaturated/α-hetero) is 1. The average molecular weight is 1070 g/mol. The number of nitrogens with zero attached hydrogens (tertiary/aromatic N) is 2. The molecular formula is C42H31Cl6F12N3O3. The van der Waals surface area contributed by atoms with E-state index in [2.05, 4.69) is 0 Å². The van der Waals surface area contributed by atoms with E-state index in [1.165, 1.54) is 0 Å². The first-order valence-electron chi connectivity index (χ1n) is 19.1. The van der Waals surface area contributed by atoms with E-state index in [9.17, 15) is 67.1 Å². The quantitative estimate of drug-likeness (QED) is 0.134. The molecule has 2 N–H and O–H groups in total. The number of benzene rings is 4. The molecule has 2 unspecified atom stereocenters. The third-order valence-electron chi connectivity index (χ3n) is 11.3. The minimum absolute atomic E-state index is 0.114. The van der Waals surface area contributed by atoms with Gasteiger partial charge in [-0.05, 0) is 90.0 Å². The van der Waals surface area contributed by atoms with E-state index in [0.29, 0.717) is 21.9 Å². The summed E-state index contributed by atoms with van der Waals surface area (Å²) in [6.07, 6.45) is -21.5. The molecule has 2 aliphatic rings. The van der Waals surface area contributed by atoms with Gasteiger partial charge in [0.15, 0.2) is 10.8 Å². The van der Waals surface area contributed by atoms with E-state index in [4.69, 9.17) is 75.3 Å². The Labute approximate surface area is 397 Å². The van der Waals surface area contributed by atoms with Crippen molar-refractivity contribution in [3.8, 4) is 0 Å². The van der Waals surface area contributed by atoms with E-state index in [0.717, 1.165) is 48.5 Å². The maximum absolute atomic E-state index is 14.4. The second-order valence-electron chi connectivity index (χ2n) is 15.0. The number of hydrogen-bond acceptors (Lipinski definition) is 4. The average Bonchev–Trinajstić information content (AvgIpc) is 3.77. The number of anilines is 2. The smallest absolute Gasteiger partial charge is 0.326 e. The van der Waals surface area contributed by atoms with Crippen molar-refractivity contribution in [2.75, 3.05) is 22.9 Å². The van der Waals surface area contributed by atoms with Crippen LogP contribution in [0, 0.1) is 0 Å². The standard InChI is InChI=1S/C23H18Cl3F6NO2.C19H13Cl3F6N2O/c1-2-15(34)6-4-12-3-5-14(11-16(12)22(27,28)29)33-8-7-21(20(33)35,23(30,31)32)13-9-17(24)19(26)18(25)10-13;20-13-5-10(6-14(21)15(13)22)17(19(26,27)28)3-4-30(16(17)31)11-2-1-9(8-29)12(7-11)18(23,24)25/h3,5,9-11H,2,4,6-8H2,1H3;1-2,5-7H,3-4,8,29H2. The molecule has 2 heterocycles. The summed E-state index contributed by atoms with van der Waals surface area (Å²) in [7, 11) is 0. The van der Waals surface area contributed by atoms with Gasteiger partial charge in [-0.25, -0.2) is 0 Å². The highest BCUT2D eigenvalue weighted by molar-refractivity contribution is 6.48. The number of hydrogen-bond donors (Lipinski definition) is 1. The summed E-state index contributed by atoms with van der Waals surface area (Å²) in [5, 5.41) is -1.54. The number of alkyl halides is 12. The normalized spacial score (nSPS) is 19.4. The van der Waals surface area contributed by atoms with Gasteiger partial charge in [0.1, 0.15) is 5.78 Å². The number of amides is 2. The van der Waals surface area contributed by atoms with E-state index in [1.807, 2.05) is 0 Å². The summed E-state index contributed by atoms with van der Waals surface area (Å²) in [4.78, 5) is 39.2. The van der Waals surface area contributed by atoms with Gasteiger partial charge in [0.2, 0.25) is 11.8 Å². The Balaban J connectivity index is 0.000000249.